The van der Waals surface area contributed by atoms with Gasteiger partial charge in [-0.2, -0.15) is 0 Å². The average Bonchev–Trinajstić information content (AvgIpc) is 2.55. The summed E-state index contributed by atoms with van der Waals surface area (Å²) in [6, 6.07) is 9.41. The van der Waals surface area contributed by atoms with Gasteiger partial charge >= 0.3 is 6.09 Å². The molecule has 3 heteroatoms. The Morgan fingerprint density at radius 2 is 2.07 bits per heavy atom. The maximum atomic E-state index is 11.6. The topological polar surface area (TPSA) is 29.5 Å². The summed E-state index contributed by atoms with van der Waals surface area (Å²) in [7, 11) is 0. The molecule has 0 N–H and O–H groups in total. The molecule has 0 bridgehead atoms. The second-order valence-corrected chi connectivity index (χ2v) is 3.44. The highest BCUT2D eigenvalue weighted by Crippen LogP contribution is 2.29. The van der Waals surface area contributed by atoms with E-state index in [9.17, 15) is 4.79 Å². The molecule has 1 heterocycles. The Kier molecular flexibility index (Phi) is 2.46. The van der Waals surface area contributed by atoms with E-state index in [1.165, 1.54) is 4.90 Å². The van der Waals surface area contributed by atoms with Gasteiger partial charge in [0.1, 0.15) is 6.10 Å². The van der Waals surface area contributed by atoms with Gasteiger partial charge in [-0.15, -0.1) is 0 Å². The van der Waals surface area contributed by atoms with Crippen LogP contribution in [0.3, 0.4) is 0 Å². The lowest BCUT2D eigenvalue weighted by Crippen LogP contribution is -2.21. The summed E-state index contributed by atoms with van der Waals surface area (Å²) in [5.41, 5.74) is 1.53. The van der Waals surface area contributed by atoms with Crippen molar-refractivity contribution in [3.8, 4) is 0 Å². The van der Waals surface area contributed by atoms with E-state index in [1.807, 2.05) is 37.3 Å². The predicted octanol–water partition coefficient (Wildman–Crippen LogP) is 2.94. The van der Waals surface area contributed by atoms with E-state index in [-0.39, 0.29) is 12.2 Å². The van der Waals surface area contributed by atoms with Crippen molar-refractivity contribution in [2.24, 2.45) is 0 Å². The molecule has 0 radical (unpaired) electrons. The molecule has 1 aromatic carbocycles. The zero-order valence-electron chi connectivity index (χ0n) is 8.64. The van der Waals surface area contributed by atoms with Crippen LogP contribution in [0.2, 0.25) is 0 Å². The average molecular weight is 203 g/mol. The molecule has 0 aliphatic carbocycles. The number of benzene rings is 1. The Bertz CT molecular complexity index is 386. The SMILES string of the molecule is C=C1C(CC)OC(=O)N1c1ccccc1. The number of nitrogens with zero attached hydrogens (tertiary/aromatic N) is 1. The molecule has 1 fully saturated rings. The van der Waals surface area contributed by atoms with Crippen molar-refractivity contribution in [1.82, 2.24) is 0 Å². The second-order valence-electron chi connectivity index (χ2n) is 3.44. The molecule has 0 spiro atoms. The highest BCUT2D eigenvalue weighted by molar-refractivity contribution is 5.94. The van der Waals surface area contributed by atoms with Crippen LogP contribution in [0.1, 0.15) is 13.3 Å². The quantitative estimate of drug-likeness (QED) is 0.739. The fraction of sp³-hybridized carbons (Fsp3) is 0.250. The zero-order valence-corrected chi connectivity index (χ0v) is 8.64. The minimum absolute atomic E-state index is 0.183. The third-order valence-corrected chi connectivity index (χ3v) is 2.47. The maximum Gasteiger partial charge on any atom is 0.419 e. The number of anilines is 1. The number of carbonyl (C=O) groups is 1. The molecular formula is C12H13NO2. The second kappa shape index (κ2) is 3.77. The molecule has 78 valence electrons. The Labute approximate surface area is 89.0 Å². The van der Waals surface area contributed by atoms with Crippen molar-refractivity contribution in [2.45, 2.75) is 19.4 Å². The number of para-hydroxylation sites is 1. The van der Waals surface area contributed by atoms with Crippen LogP contribution in [0, 0.1) is 0 Å². The molecule has 1 amide bonds. The lowest BCUT2D eigenvalue weighted by atomic mass is 10.2. The number of carbonyl (C=O) groups excluding carboxylic acids is 1. The van der Waals surface area contributed by atoms with Gasteiger partial charge in [0.25, 0.3) is 0 Å². The van der Waals surface area contributed by atoms with Crippen LogP contribution < -0.4 is 4.90 Å². The van der Waals surface area contributed by atoms with Crippen LogP contribution in [0.25, 0.3) is 0 Å². The van der Waals surface area contributed by atoms with E-state index in [0.29, 0.717) is 5.70 Å². The standard InChI is InChI=1S/C12H13NO2/c1-3-11-9(2)13(12(14)15-11)10-7-5-4-6-8-10/h4-8,11H,2-3H2,1H3. The van der Waals surface area contributed by atoms with E-state index in [2.05, 4.69) is 6.58 Å². The maximum absolute atomic E-state index is 11.6. The largest absolute Gasteiger partial charge is 0.439 e. The Morgan fingerprint density at radius 1 is 1.40 bits per heavy atom. The van der Waals surface area contributed by atoms with Crippen LogP contribution in [0.15, 0.2) is 42.6 Å². The fourth-order valence-corrected chi connectivity index (χ4v) is 1.67. The number of rotatable bonds is 2. The minimum atomic E-state index is -0.335. The molecule has 1 atom stereocenters. The van der Waals surface area contributed by atoms with Crippen LogP contribution in [-0.2, 0) is 4.74 Å². The van der Waals surface area contributed by atoms with E-state index in [4.69, 9.17) is 4.74 Å². The lowest BCUT2D eigenvalue weighted by molar-refractivity contribution is 0.145. The Balaban J connectivity index is 2.31. The van der Waals surface area contributed by atoms with Crippen molar-refractivity contribution < 1.29 is 9.53 Å². The smallest absolute Gasteiger partial charge is 0.419 e. The first-order chi connectivity index (χ1) is 7.24. The highest BCUT2D eigenvalue weighted by atomic mass is 16.6. The molecule has 1 saturated heterocycles. The highest BCUT2D eigenvalue weighted by Gasteiger charge is 2.35. The summed E-state index contributed by atoms with van der Waals surface area (Å²) >= 11 is 0. The van der Waals surface area contributed by atoms with E-state index < -0.39 is 0 Å². The molecule has 1 unspecified atom stereocenters. The first-order valence-electron chi connectivity index (χ1n) is 4.98. The van der Waals surface area contributed by atoms with Gasteiger partial charge in [-0.25, -0.2) is 9.69 Å². The molecule has 1 aromatic rings. The van der Waals surface area contributed by atoms with E-state index in [0.717, 1.165) is 12.1 Å². The fourth-order valence-electron chi connectivity index (χ4n) is 1.67. The first kappa shape index (κ1) is 9.77. The van der Waals surface area contributed by atoms with Crippen molar-refractivity contribution in [3.05, 3.63) is 42.6 Å². The molecule has 1 aliphatic rings. The van der Waals surface area contributed by atoms with Crippen molar-refractivity contribution in [2.75, 3.05) is 4.90 Å². The lowest BCUT2D eigenvalue weighted by Gasteiger charge is -2.14. The van der Waals surface area contributed by atoms with E-state index in [1.54, 1.807) is 0 Å². The predicted molar refractivity (Wildman–Crippen MR) is 58.6 cm³/mol. The summed E-state index contributed by atoms with van der Waals surface area (Å²) in [4.78, 5) is 13.1. The summed E-state index contributed by atoms with van der Waals surface area (Å²) in [5, 5.41) is 0. The third-order valence-electron chi connectivity index (χ3n) is 2.47. The zero-order chi connectivity index (χ0) is 10.8. The molecule has 0 aromatic heterocycles. The monoisotopic (exact) mass is 203 g/mol. The molecule has 2 rings (SSSR count). The number of hydrogen-bond donors (Lipinski definition) is 0. The minimum Gasteiger partial charge on any atom is -0.439 e. The number of amides is 1. The molecule has 3 nitrogen and oxygen atoms in total. The van der Waals surface area contributed by atoms with Crippen LogP contribution >= 0.6 is 0 Å². The van der Waals surface area contributed by atoms with Gasteiger partial charge in [-0.05, 0) is 18.6 Å². The van der Waals surface area contributed by atoms with Gasteiger partial charge in [-0.3, -0.25) is 0 Å². The van der Waals surface area contributed by atoms with Gasteiger partial charge in [0.05, 0.1) is 11.4 Å². The van der Waals surface area contributed by atoms with Crippen molar-refractivity contribution in [3.63, 3.8) is 0 Å². The van der Waals surface area contributed by atoms with Gasteiger partial charge in [0, 0.05) is 0 Å². The number of cyclic esters (lactones) is 1. The summed E-state index contributed by atoms with van der Waals surface area (Å²) in [6.45, 7) is 5.86. The molecule has 15 heavy (non-hydrogen) atoms. The van der Waals surface area contributed by atoms with E-state index >= 15 is 0 Å². The van der Waals surface area contributed by atoms with Crippen molar-refractivity contribution >= 4 is 11.8 Å². The van der Waals surface area contributed by atoms with Gasteiger partial charge in [0.2, 0.25) is 0 Å². The van der Waals surface area contributed by atoms with Crippen LogP contribution in [-0.4, -0.2) is 12.2 Å². The van der Waals surface area contributed by atoms with Crippen LogP contribution in [0.4, 0.5) is 10.5 Å². The van der Waals surface area contributed by atoms with Gasteiger partial charge in [-0.1, -0.05) is 31.7 Å². The summed E-state index contributed by atoms with van der Waals surface area (Å²) in [5.74, 6) is 0. The Morgan fingerprint density at radius 3 is 2.60 bits per heavy atom. The first-order valence-corrected chi connectivity index (χ1v) is 4.98. The number of ether oxygens (including phenoxy) is 1. The van der Waals surface area contributed by atoms with Gasteiger partial charge in [0.15, 0.2) is 0 Å². The van der Waals surface area contributed by atoms with Crippen molar-refractivity contribution in [1.29, 1.82) is 0 Å². The summed E-state index contributed by atoms with van der Waals surface area (Å²) < 4.78 is 5.18. The normalized spacial score (nSPS) is 20.6. The van der Waals surface area contributed by atoms with Gasteiger partial charge < -0.3 is 4.74 Å². The molecule has 1 aliphatic heterocycles. The molecular weight excluding hydrogens is 190 g/mol. The summed E-state index contributed by atoms with van der Waals surface area (Å²) in [6.07, 6.45) is 0.240. The van der Waals surface area contributed by atoms with Crippen LogP contribution in [0.5, 0.6) is 0 Å². The molecule has 0 saturated carbocycles. The number of hydrogen-bond acceptors (Lipinski definition) is 2. The Hall–Kier alpha value is -1.77. The third kappa shape index (κ3) is 1.61.